The van der Waals surface area contributed by atoms with E-state index in [0.29, 0.717) is 12.1 Å². The number of hydrogen-bond acceptors (Lipinski definition) is 3. The van der Waals surface area contributed by atoms with Crippen molar-refractivity contribution in [3.63, 3.8) is 0 Å². The van der Waals surface area contributed by atoms with E-state index in [9.17, 15) is 13.2 Å². The molecule has 0 saturated carbocycles. The van der Waals surface area contributed by atoms with Crippen LogP contribution in [0.1, 0.15) is 84.5 Å². The molecule has 0 heterocycles. The minimum atomic E-state index is -4.20. The highest BCUT2D eigenvalue weighted by Crippen LogP contribution is 2.15. The van der Waals surface area contributed by atoms with Gasteiger partial charge < -0.3 is 5.32 Å². The summed E-state index contributed by atoms with van der Waals surface area (Å²) in [5, 5.41) is 2.74. The maximum Gasteiger partial charge on any atom is 0.294 e. The first kappa shape index (κ1) is 23.6. The maximum absolute atomic E-state index is 11.9. The van der Waals surface area contributed by atoms with E-state index in [4.69, 9.17) is 4.55 Å². The normalized spacial score (nSPS) is 11.7. The van der Waals surface area contributed by atoms with Crippen LogP contribution in [0, 0.1) is 5.92 Å². The second-order valence-corrected chi connectivity index (χ2v) is 9.08. The molecule has 0 aliphatic rings. The number of anilines is 1. The molecule has 1 aromatic rings. The van der Waals surface area contributed by atoms with Crippen molar-refractivity contribution in [3.05, 3.63) is 24.3 Å². The fourth-order valence-corrected chi connectivity index (χ4v) is 3.49. The van der Waals surface area contributed by atoms with E-state index in [1.54, 1.807) is 0 Å². The molecule has 1 aromatic carbocycles. The van der Waals surface area contributed by atoms with Gasteiger partial charge >= 0.3 is 0 Å². The van der Waals surface area contributed by atoms with E-state index in [2.05, 4.69) is 19.2 Å². The van der Waals surface area contributed by atoms with Gasteiger partial charge in [-0.25, -0.2) is 0 Å². The van der Waals surface area contributed by atoms with Crippen molar-refractivity contribution in [1.82, 2.24) is 0 Å². The predicted octanol–water partition coefficient (Wildman–Crippen LogP) is 5.82. The van der Waals surface area contributed by atoms with Crippen molar-refractivity contribution in [2.75, 3.05) is 5.32 Å². The van der Waals surface area contributed by atoms with Gasteiger partial charge in [-0.2, -0.15) is 8.42 Å². The van der Waals surface area contributed by atoms with E-state index < -0.39 is 10.1 Å². The maximum atomic E-state index is 11.9. The fraction of sp³-hybridized carbons (Fsp3) is 0.667. The third kappa shape index (κ3) is 11.8. The molecule has 0 aliphatic heterocycles. The van der Waals surface area contributed by atoms with Crippen LogP contribution in [0.5, 0.6) is 0 Å². The summed E-state index contributed by atoms with van der Waals surface area (Å²) in [4.78, 5) is 11.7. The van der Waals surface area contributed by atoms with Crippen molar-refractivity contribution in [1.29, 1.82) is 0 Å². The number of nitrogens with one attached hydrogen (secondary N) is 1. The number of unbranched alkanes of at least 4 members (excludes halogenated alkanes) is 8. The molecular formula is C21H35NO4S. The summed E-state index contributed by atoms with van der Waals surface area (Å²) in [5.41, 5.74) is 0.532. The van der Waals surface area contributed by atoms with Crippen LogP contribution < -0.4 is 5.32 Å². The molecule has 154 valence electrons. The Bertz CT molecular complexity index is 639. The van der Waals surface area contributed by atoms with Crippen molar-refractivity contribution in [3.8, 4) is 0 Å². The summed E-state index contributed by atoms with van der Waals surface area (Å²) < 4.78 is 30.9. The Morgan fingerprint density at radius 3 is 1.85 bits per heavy atom. The van der Waals surface area contributed by atoms with Gasteiger partial charge in [0.2, 0.25) is 5.91 Å². The average molecular weight is 398 g/mol. The van der Waals surface area contributed by atoms with Crippen molar-refractivity contribution >= 4 is 21.7 Å². The van der Waals surface area contributed by atoms with Gasteiger partial charge in [0.1, 0.15) is 0 Å². The first-order valence-corrected chi connectivity index (χ1v) is 11.6. The molecule has 1 amide bonds. The second kappa shape index (κ2) is 12.9. The Morgan fingerprint density at radius 1 is 0.889 bits per heavy atom. The third-order valence-corrected chi connectivity index (χ3v) is 5.49. The summed E-state index contributed by atoms with van der Waals surface area (Å²) in [6, 6.07) is 5.49. The van der Waals surface area contributed by atoms with Crippen molar-refractivity contribution < 1.29 is 17.8 Å². The van der Waals surface area contributed by atoms with Gasteiger partial charge in [0.15, 0.2) is 0 Å². The van der Waals surface area contributed by atoms with Crippen LogP contribution in [0.25, 0.3) is 0 Å². The highest BCUT2D eigenvalue weighted by molar-refractivity contribution is 7.85. The molecule has 1 rings (SSSR count). The number of carbonyl (C=O) groups is 1. The third-order valence-electron chi connectivity index (χ3n) is 4.62. The number of hydrogen-bond donors (Lipinski definition) is 2. The molecule has 0 atom stereocenters. The Morgan fingerprint density at radius 2 is 1.37 bits per heavy atom. The summed E-state index contributed by atoms with van der Waals surface area (Å²) in [7, 11) is -4.20. The highest BCUT2D eigenvalue weighted by atomic mass is 32.2. The largest absolute Gasteiger partial charge is 0.326 e. The lowest BCUT2D eigenvalue weighted by molar-refractivity contribution is -0.116. The molecule has 27 heavy (non-hydrogen) atoms. The van der Waals surface area contributed by atoms with Crippen LogP contribution in [0.2, 0.25) is 0 Å². The Kier molecular flexibility index (Phi) is 11.3. The number of amides is 1. The van der Waals surface area contributed by atoms with E-state index in [0.717, 1.165) is 18.8 Å². The fourth-order valence-electron chi connectivity index (χ4n) is 3.01. The number of rotatable bonds is 14. The highest BCUT2D eigenvalue weighted by Gasteiger charge is 2.09. The zero-order valence-electron chi connectivity index (χ0n) is 16.7. The Labute approximate surface area is 164 Å². The Hall–Kier alpha value is -1.40. The first-order valence-electron chi connectivity index (χ1n) is 10.2. The molecule has 0 aromatic heterocycles. The summed E-state index contributed by atoms with van der Waals surface area (Å²) in [6.45, 7) is 4.56. The first-order chi connectivity index (χ1) is 12.8. The standard InChI is InChI=1S/C21H35NO4S/c1-18(2)12-10-8-6-4-3-5-7-9-11-13-21(23)22-19-14-16-20(17-15-19)27(24,25)26/h14-18H,3-13H2,1-2H3,(H,22,23)(H,24,25,26). The van der Waals surface area contributed by atoms with Gasteiger partial charge in [0.25, 0.3) is 10.1 Å². The van der Waals surface area contributed by atoms with Crippen LogP contribution in [0.3, 0.4) is 0 Å². The summed E-state index contributed by atoms with van der Waals surface area (Å²) in [6.07, 6.45) is 12.8. The van der Waals surface area contributed by atoms with Gasteiger partial charge in [-0.3, -0.25) is 9.35 Å². The lowest BCUT2D eigenvalue weighted by atomic mass is 10.0. The molecule has 0 bridgehead atoms. The molecule has 0 saturated heterocycles. The zero-order valence-corrected chi connectivity index (χ0v) is 17.6. The molecule has 0 radical (unpaired) electrons. The van der Waals surface area contributed by atoms with Crippen LogP contribution >= 0.6 is 0 Å². The van der Waals surface area contributed by atoms with E-state index in [1.165, 1.54) is 75.6 Å². The molecular weight excluding hydrogens is 362 g/mol. The molecule has 0 spiro atoms. The molecule has 0 aliphatic carbocycles. The zero-order chi connectivity index (χ0) is 20.1. The summed E-state index contributed by atoms with van der Waals surface area (Å²) in [5.74, 6) is 0.748. The summed E-state index contributed by atoms with van der Waals surface area (Å²) >= 11 is 0. The Balaban J connectivity index is 2.03. The van der Waals surface area contributed by atoms with Crippen molar-refractivity contribution in [2.45, 2.75) is 89.4 Å². The molecule has 0 unspecified atom stereocenters. The van der Waals surface area contributed by atoms with Crippen LogP contribution in [-0.2, 0) is 14.9 Å². The minimum absolute atomic E-state index is 0.0697. The lowest BCUT2D eigenvalue weighted by Gasteiger charge is -2.06. The topological polar surface area (TPSA) is 83.5 Å². The van der Waals surface area contributed by atoms with E-state index in [-0.39, 0.29) is 10.8 Å². The van der Waals surface area contributed by atoms with Gasteiger partial charge in [0.05, 0.1) is 4.90 Å². The van der Waals surface area contributed by atoms with Crippen LogP contribution in [0.15, 0.2) is 29.2 Å². The van der Waals surface area contributed by atoms with Crippen LogP contribution in [0.4, 0.5) is 5.69 Å². The number of carbonyl (C=O) groups excluding carboxylic acids is 1. The SMILES string of the molecule is CC(C)CCCCCCCCCCCC(=O)Nc1ccc(S(=O)(=O)O)cc1. The molecule has 6 heteroatoms. The lowest BCUT2D eigenvalue weighted by Crippen LogP contribution is -2.11. The van der Waals surface area contributed by atoms with E-state index in [1.807, 2.05) is 0 Å². The quantitative estimate of drug-likeness (QED) is 0.306. The number of benzene rings is 1. The second-order valence-electron chi connectivity index (χ2n) is 7.66. The van der Waals surface area contributed by atoms with E-state index >= 15 is 0 Å². The van der Waals surface area contributed by atoms with Crippen molar-refractivity contribution in [2.24, 2.45) is 5.92 Å². The van der Waals surface area contributed by atoms with Gasteiger partial charge in [-0.1, -0.05) is 71.6 Å². The average Bonchev–Trinajstić information content (AvgIpc) is 2.59. The molecule has 2 N–H and O–H groups in total. The van der Waals surface area contributed by atoms with Crippen LogP contribution in [-0.4, -0.2) is 18.9 Å². The van der Waals surface area contributed by atoms with Gasteiger partial charge in [0, 0.05) is 12.1 Å². The predicted molar refractivity (Wildman–Crippen MR) is 111 cm³/mol. The monoisotopic (exact) mass is 397 g/mol. The smallest absolute Gasteiger partial charge is 0.294 e. The van der Waals surface area contributed by atoms with Gasteiger partial charge in [-0.05, 0) is 36.6 Å². The molecule has 0 fully saturated rings. The molecule has 5 nitrogen and oxygen atoms in total. The van der Waals surface area contributed by atoms with Gasteiger partial charge in [-0.15, -0.1) is 0 Å². The minimum Gasteiger partial charge on any atom is -0.326 e.